The third kappa shape index (κ3) is 4.70. The molecular formula is C27H22BrNO6. The first-order valence-electron chi connectivity index (χ1n) is 10.8. The summed E-state index contributed by atoms with van der Waals surface area (Å²) in [5.41, 5.74) is 1.71. The number of carbonyl (C=O) groups is 3. The van der Waals surface area contributed by atoms with Crippen molar-refractivity contribution in [3.63, 3.8) is 0 Å². The molecule has 8 heteroatoms. The molecule has 4 rings (SSSR count). The van der Waals surface area contributed by atoms with Gasteiger partial charge in [0.1, 0.15) is 11.5 Å². The molecule has 1 saturated heterocycles. The van der Waals surface area contributed by atoms with Crippen LogP contribution in [0.15, 0.2) is 82.8 Å². The van der Waals surface area contributed by atoms with Gasteiger partial charge >= 0.3 is 5.97 Å². The van der Waals surface area contributed by atoms with E-state index in [-0.39, 0.29) is 17.9 Å². The largest absolute Gasteiger partial charge is 0.507 e. The topological polar surface area (TPSA) is 93.1 Å². The molecule has 1 N–H and O–H groups in total. The second-order valence-corrected chi connectivity index (χ2v) is 8.63. The molecule has 3 aromatic rings. The Morgan fingerprint density at radius 3 is 2.11 bits per heavy atom. The Morgan fingerprint density at radius 2 is 1.54 bits per heavy atom. The zero-order chi connectivity index (χ0) is 25.1. The van der Waals surface area contributed by atoms with E-state index >= 15 is 0 Å². The number of amides is 1. The van der Waals surface area contributed by atoms with Crippen LogP contribution >= 0.6 is 15.9 Å². The number of aliphatic hydroxyl groups is 1. The van der Waals surface area contributed by atoms with E-state index in [9.17, 15) is 19.5 Å². The van der Waals surface area contributed by atoms with Crippen molar-refractivity contribution in [2.24, 2.45) is 0 Å². The molecule has 1 aliphatic heterocycles. The Labute approximate surface area is 210 Å². The normalized spacial score (nSPS) is 16.9. The average molecular weight is 536 g/mol. The number of carbonyl (C=O) groups excluding carboxylic acids is 3. The minimum atomic E-state index is -0.876. The van der Waals surface area contributed by atoms with Gasteiger partial charge in [-0.2, -0.15) is 0 Å². The van der Waals surface area contributed by atoms with Crippen molar-refractivity contribution in [3.05, 3.63) is 99.5 Å². The van der Waals surface area contributed by atoms with E-state index in [1.807, 2.05) is 0 Å². The number of nitrogens with zero attached hydrogens (tertiary/aromatic N) is 1. The molecule has 0 bridgehead atoms. The summed E-state index contributed by atoms with van der Waals surface area (Å²) in [6.45, 7) is 1.96. The minimum absolute atomic E-state index is 0.0306. The van der Waals surface area contributed by atoms with Crippen LogP contribution in [-0.2, 0) is 14.3 Å². The monoisotopic (exact) mass is 535 g/mol. The first-order valence-corrected chi connectivity index (χ1v) is 11.6. The van der Waals surface area contributed by atoms with Gasteiger partial charge in [0.05, 0.1) is 30.9 Å². The van der Waals surface area contributed by atoms with Gasteiger partial charge in [-0.05, 0) is 73.2 Å². The minimum Gasteiger partial charge on any atom is -0.507 e. The molecule has 1 atom stereocenters. The molecule has 3 aromatic carbocycles. The zero-order valence-corrected chi connectivity index (χ0v) is 20.6. The quantitative estimate of drug-likeness (QED) is 0.200. The SMILES string of the molecule is CCOC(=O)c1ccc(N2C(=O)C(=O)/C(=C(/O)c3ccc(OC)cc3)[C@@H]2c2ccc(Br)cc2)cc1. The van der Waals surface area contributed by atoms with E-state index in [1.54, 1.807) is 67.6 Å². The van der Waals surface area contributed by atoms with Crippen LogP contribution in [0.1, 0.15) is 34.5 Å². The standard InChI is InChI=1S/C27H22BrNO6/c1-3-35-27(33)18-6-12-20(13-7-18)29-23(16-4-10-19(28)11-5-16)22(25(31)26(29)32)24(30)17-8-14-21(34-2)15-9-17/h4-15,23,30H,3H2,1-2H3/b24-22+/t23-/m0/s1. The lowest BCUT2D eigenvalue weighted by molar-refractivity contribution is -0.132. The zero-order valence-electron chi connectivity index (χ0n) is 19.0. The first-order chi connectivity index (χ1) is 16.8. The van der Waals surface area contributed by atoms with Crippen LogP contribution in [0, 0.1) is 0 Å². The van der Waals surface area contributed by atoms with Gasteiger partial charge < -0.3 is 14.6 Å². The van der Waals surface area contributed by atoms with Crippen molar-refractivity contribution >= 4 is 45.0 Å². The number of ether oxygens (including phenoxy) is 2. The van der Waals surface area contributed by atoms with Crippen LogP contribution in [0.5, 0.6) is 5.75 Å². The Bertz CT molecular complexity index is 1300. The van der Waals surface area contributed by atoms with Crippen LogP contribution in [0.4, 0.5) is 5.69 Å². The second kappa shape index (κ2) is 10.1. The second-order valence-electron chi connectivity index (χ2n) is 7.72. The van der Waals surface area contributed by atoms with Gasteiger partial charge in [0.2, 0.25) is 0 Å². The number of ketones is 1. The summed E-state index contributed by atoms with van der Waals surface area (Å²) in [4.78, 5) is 39.8. The van der Waals surface area contributed by atoms with Crippen LogP contribution < -0.4 is 9.64 Å². The molecule has 1 fully saturated rings. The highest BCUT2D eigenvalue weighted by molar-refractivity contribution is 9.10. The molecule has 7 nitrogen and oxygen atoms in total. The predicted molar refractivity (Wildman–Crippen MR) is 134 cm³/mol. The Balaban J connectivity index is 1.84. The maximum absolute atomic E-state index is 13.2. The summed E-state index contributed by atoms with van der Waals surface area (Å²) >= 11 is 3.40. The number of hydrogen-bond acceptors (Lipinski definition) is 6. The van der Waals surface area contributed by atoms with E-state index in [2.05, 4.69) is 15.9 Å². The molecule has 0 unspecified atom stereocenters. The van der Waals surface area contributed by atoms with E-state index in [0.717, 1.165) is 4.47 Å². The Hall–Kier alpha value is -3.91. The van der Waals surface area contributed by atoms with Crippen molar-refractivity contribution in [2.45, 2.75) is 13.0 Å². The van der Waals surface area contributed by atoms with Crippen LogP contribution in [0.2, 0.25) is 0 Å². The van der Waals surface area contributed by atoms with Crippen molar-refractivity contribution < 1.29 is 29.0 Å². The highest BCUT2D eigenvalue weighted by Crippen LogP contribution is 2.42. The molecule has 0 spiro atoms. The summed E-state index contributed by atoms with van der Waals surface area (Å²) in [5, 5.41) is 11.2. The van der Waals surface area contributed by atoms with E-state index < -0.39 is 23.7 Å². The first kappa shape index (κ1) is 24.2. The molecular weight excluding hydrogens is 514 g/mol. The Morgan fingerprint density at radius 1 is 0.943 bits per heavy atom. The van der Waals surface area contributed by atoms with Gasteiger partial charge in [0.15, 0.2) is 0 Å². The number of methoxy groups -OCH3 is 1. The number of rotatable bonds is 6. The number of aliphatic hydroxyl groups excluding tert-OH is 1. The third-order valence-corrected chi connectivity index (χ3v) is 6.18. The van der Waals surface area contributed by atoms with Crippen molar-refractivity contribution in [1.82, 2.24) is 0 Å². The van der Waals surface area contributed by atoms with Crippen molar-refractivity contribution in [2.75, 3.05) is 18.6 Å². The fraction of sp³-hybridized carbons (Fsp3) is 0.148. The third-order valence-electron chi connectivity index (χ3n) is 5.65. The summed E-state index contributed by atoms with van der Waals surface area (Å²) in [6.07, 6.45) is 0. The van der Waals surface area contributed by atoms with Gasteiger partial charge in [-0.1, -0.05) is 28.1 Å². The molecule has 35 heavy (non-hydrogen) atoms. The molecule has 1 heterocycles. The van der Waals surface area contributed by atoms with Gasteiger partial charge in [0, 0.05) is 15.7 Å². The number of halogens is 1. The van der Waals surface area contributed by atoms with Gasteiger partial charge in [-0.3, -0.25) is 14.5 Å². The molecule has 0 aromatic heterocycles. The van der Waals surface area contributed by atoms with E-state index in [4.69, 9.17) is 9.47 Å². The number of esters is 1. The lowest BCUT2D eigenvalue weighted by Crippen LogP contribution is -2.29. The number of hydrogen-bond donors (Lipinski definition) is 1. The van der Waals surface area contributed by atoms with Crippen LogP contribution in [-0.4, -0.2) is 36.5 Å². The molecule has 178 valence electrons. The van der Waals surface area contributed by atoms with Crippen LogP contribution in [0.3, 0.4) is 0 Å². The van der Waals surface area contributed by atoms with Gasteiger partial charge in [-0.15, -0.1) is 0 Å². The van der Waals surface area contributed by atoms with E-state index in [1.165, 1.54) is 24.1 Å². The van der Waals surface area contributed by atoms with Crippen LogP contribution in [0.25, 0.3) is 5.76 Å². The number of anilines is 1. The maximum atomic E-state index is 13.2. The molecule has 0 saturated carbocycles. The summed E-state index contributed by atoms with van der Waals surface area (Å²) in [6, 6.07) is 19.1. The maximum Gasteiger partial charge on any atom is 0.338 e. The average Bonchev–Trinajstić information content (AvgIpc) is 3.14. The predicted octanol–water partition coefficient (Wildman–Crippen LogP) is 5.26. The number of benzene rings is 3. The Kier molecular flexibility index (Phi) is 7.02. The summed E-state index contributed by atoms with van der Waals surface area (Å²) in [7, 11) is 1.53. The lowest BCUT2D eigenvalue weighted by Gasteiger charge is -2.25. The van der Waals surface area contributed by atoms with Crippen molar-refractivity contribution in [1.29, 1.82) is 0 Å². The van der Waals surface area contributed by atoms with Crippen molar-refractivity contribution in [3.8, 4) is 5.75 Å². The highest BCUT2D eigenvalue weighted by atomic mass is 79.9. The molecule has 1 aliphatic rings. The highest BCUT2D eigenvalue weighted by Gasteiger charge is 2.47. The fourth-order valence-electron chi connectivity index (χ4n) is 3.94. The molecule has 1 amide bonds. The number of Topliss-reactive ketones (excluding diaryl/α,β-unsaturated/α-hetero) is 1. The van der Waals surface area contributed by atoms with Gasteiger partial charge in [-0.25, -0.2) is 4.79 Å². The fourth-order valence-corrected chi connectivity index (χ4v) is 4.20. The van der Waals surface area contributed by atoms with E-state index in [0.29, 0.717) is 28.1 Å². The summed E-state index contributed by atoms with van der Waals surface area (Å²) < 4.78 is 11.0. The summed E-state index contributed by atoms with van der Waals surface area (Å²) in [5.74, 6) is -1.76. The van der Waals surface area contributed by atoms with Gasteiger partial charge in [0.25, 0.3) is 11.7 Å². The smallest absolute Gasteiger partial charge is 0.338 e. The lowest BCUT2D eigenvalue weighted by atomic mass is 9.95. The molecule has 0 radical (unpaired) electrons. The molecule has 0 aliphatic carbocycles.